The van der Waals surface area contributed by atoms with Crippen LogP contribution >= 0.6 is 11.6 Å². The summed E-state index contributed by atoms with van der Waals surface area (Å²) in [5.74, 6) is -0.223. The molecule has 0 atom stereocenters. The molecule has 6 heteroatoms. The normalized spacial score (nSPS) is 10.4. The molecule has 3 rings (SSSR count). The van der Waals surface area contributed by atoms with Crippen LogP contribution in [0.1, 0.15) is 10.4 Å². The summed E-state index contributed by atoms with van der Waals surface area (Å²) in [7, 11) is 1.87. The van der Waals surface area contributed by atoms with Gasteiger partial charge in [0.25, 0.3) is 5.91 Å². The Bertz CT molecular complexity index is 902. The minimum absolute atomic E-state index is 0.0444. The van der Waals surface area contributed by atoms with E-state index in [1.807, 2.05) is 42.3 Å². The fourth-order valence-electron chi connectivity index (χ4n) is 2.30. The first-order valence-electron chi connectivity index (χ1n) is 7.56. The van der Waals surface area contributed by atoms with Crippen molar-refractivity contribution in [2.45, 2.75) is 0 Å². The van der Waals surface area contributed by atoms with Gasteiger partial charge in [-0.25, -0.2) is 9.37 Å². The van der Waals surface area contributed by atoms with Gasteiger partial charge in [-0.3, -0.25) is 4.79 Å². The summed E-state index contributed by atoms with van der Waals surface area (Å²) in [6, 6.07) is 17.0. The van der Waals surface area contributed by atoms with E-state index < -0.39 is 5.82 Å². The predicted octanol–water partition coefficient (Wildman–Crippen LogP) is 4.89. The number of anilines is 3. The number of pyridine rings is 1. The zero-order chi connectivity index (χ0) is 17.8. The van der Waals surface area contributed by atoms with Crippen molar-refractivity contribution in [3.8, 4) is 0 Å². The molecule has 1 aromatic heterocycles. The van der Waals surface area contributed by atoms with Crippen LogP contribution in [0.4, 0.5) is 21.6 Å². The number of benzene rings is 2. The van der Waals surface area contributed by atoms with Gasteiger partial charge < -0.3 is 10.2 Å². The number of aromatic nitrogens is 1. The van der Waals surface area contributed by atoms with Gasteiger partial charge in [0.1, 0.15) is 11.6 Å². The lowest BCUT2D eigenvalue weighted by Crippen LogP contribution is -2.15. The Morgan fingerprint density at radius 1 is 1.12 bits per heavy atom. The van der Waals surface area contributed by atoms with E-state index in [9.17, 15) is 9.18 Å². The lowest BCUT2D eigenvalue weighted by atomic mass is 10.2. The first-order chi connectivity index (χ1) is 12.0. The van der Waals surface area contributed by atoms with E-state index >= 15 is 0 Å². The zero-order valence-corrected chi connectivity index (χ0v) is 14.2. The van der Waals surface area contributed by atoms with Gasteiger partial charge in [0.15, 0.2) is 0 Å². The fraction of sp³-hybridized carbons (Fsp3) is 0.0526. The summed E-state index contributed by atoms with van der Waals surface area (Å²) in [5.41, 5.74) is 1.82. The van der Waals surface area contributed by atoms with E-state index in [0.29, 0.717) is 17.1 Å². The molecule has 2 aromatic carbocycles. The molecule has 0 saturated carbocycles. The average molecular weight is 356 g/mol. The summed E-state index contributed by atoms with van der Waals surface area (Å²) >= 11 is 5.73. The molecule has 3 aromatic rings. The molecule has 1 amide bonds. The van der Waals surface area contributed by atoms with Crippen molar-refractivity contribution in [1.29, 1.82) is 0 Å². The number of rotatable bonds is 4. The minimum Gasteiger partial charge on any atom is -0.329 e. The summed E-state index contributed by atoms with van der Waals surface area (Å²) in [5, 5.41) is 2.65. The third-order valence-electron chi connectivity index (χ3n) is 3.67. The van der Waals surface area contributed by atoms with Gasteiger partial charge in [0.05, 0.1) is 5.02 Å². The smallest absolute Gasteiger partial charge is 0.255 e. The van der Waals surface area contributed by atoms with Gasteiger partial charge in [0.2, 0.25) is 0 Å². The third-order valence-corrected chi connectivity index (χ3v) is 3.96. The number of hydrogen-bond acceptors (Lipinski definition) is 3. The molecule has 4 nitrogen and oxygen atoms in total. The first-order valence-corrected chi connectivity index (χ1v) is 7.93. The Kier molecular flexibility index (Phi) is 4.95. The van der Waals surface area contributed by atoms with Crippen LogP contribution in [0.25, 0.3) is 0 Å². The summed E-state index contributed by atoms with van der Waals surface area (Å²) in [6.07, 6.45) is 1.57. The first kappa shape index (κ1) is 16.9. The fourth-order valence-corrected chi connectivity index (χ4v) is 2.48. The number of nitrogens with one attached hydrogen (secondary N) is 1. The molecule has 0 unspecified atom stereocenters. The summed E-state index contributed by atoms with van der Waals surface area (Å²) < 4.78 is 13.2. The largest absolute Gasteiger partial charge is 0.329 e. The van der Waals surface area contributed by atoms with Crippen LogP contribution in [-0.4, -0.2) is 17.9 Å². The van der Waals surface area contributed by atoms with Gasteiger partial charge in [-0.15, -0.1) is 0 Å². The third kappa shape index (κ3) is 3.95. The Hall–Kier alpha value is -2.92. The van der Waals surface area contributed by atoms with Crippen LogP contribution in [-0.2, 0) is 0 Å². The van der Waals surface area contributed by atoms with Crippen molar-refractivity contribution in [1.82, 2.24) is 4.98 Å². The summed E-state index contributed by atoms with van der Waals surface area (Å²) in [6.45, 7) is 0. The van der Waals surface area contributed by atoms with Gasteiger partial charge >= 0.3 is 0 Å². The molecule has 0 fully saturated rings. The number of carbonyl (C=O) groups is 1. The van der Waals surface area contributed by atoms with Gasteiger partial charge in [0, 0.05) is 30.2 Å². The number of amides is 1. The Balaban J connectivity index is 1.81. The van der Waals surface area contributed by atoms with E-state index in [1.165, 1.54) is 18.2 Å². The topological polar surface area (TPSA) is 45.2 Å². The number of halogens is 2. The second-order valence-electron chi connectivity index (χ2n) is 5.38. The van der Waals surface area contributed by atoms with Gasteiger partial charge in [-0.2, -0.15) is 0 Å². The predicted molar refractivity (Wildman–Crippen MR) is 98.1 cm³/mol. The molecule has 0 saturated heterocycles. The van der Waals surface area contributed by atoms with Crippen molar-refractivity contribution < 1.29 is 9.18 Å². The van der Waals surface area contributed by atoms with E-state index in [4.69, 9.17) is 11.6 Å². The lowest BCUT2D eigenvalue weighted by molar-refractivity contribution is 0.102. The highest BCUT2D eigenvalue weighted by molar-refractivity contribution is 6.31. The molecular formula is C19H15ClFN3O. The molecule has 1 N–H and O–H groups in total. The van der Waals surface area contributed by atoms with Crippen LogP contribution in [0, 0.1) is 5.82 Å². The molecule has 0 aliphatic rings. The average Bonchev–Trinajstić information content (AvgIpc) is 2.65. The number of hydrogen-bond donors (Lipinski definition) is 1. The maximum Gasteiger partial charge on any atom is 0.255 e. The zero-order valence-electron chi connectivity index (χ0n) is 13.4. The Labute approximate surface area is 149 Å². The molecular weight excluding hydrogens is 341 g/mol. The van der Waals surface area contributed by atoms with Crippen molar-refractivity contribution in [3.05, 3.63) is 83.3 Å². The Morgan fingerprint density at radius 3 is 2.60 bits per heavy atom. The molecule has 1 heterocycles. The second-order valence-corrected chi connectivity index (χ2v) is 5.79. The van der Waals surface area contributed by atoms with Crippen molar-refractivity contribution in [2.24, 2.45) is 0 Å². The van der Waals surface area contributed by atoms with E-state index in [2.05, 4.69) is 10.3 Å². The van der Waals surface area contributed by atoms with Crippen LogP contribution in [0.5, 0.6) is 0 Å². The SMILES string of the molecule is CN(c1ccccc1)c1cc(C(=O)Nc2ccc(F)c(Cl)c2)ccn1. The monoisotopic (exact) mass is 355 g/mol. The van der Waals surface area contributed by atoms with E-state index in [0.717, 1.165) is 5.69 Å². The maximum absolute atomic E-state index is 13.2. The Morgan fingerprint density at radius 2 is 1.88 bits per heavy atom. The quantitative estimate of drug-likeness (QED) is 0.724. The van der Waals surface area contributed by atoms with Crippen molar-refractivity contribution in [2.75, 3.05) is 17.3 Å². The van der Waals surface area contributed by atoms with Crippen LogP contribution in [0.2, 0.25) is 5.02 Å². The second kappa shape index (κ2) is 7.32. The van der Waals surface area contributed by atoms with E-state index in [-0.39, 0.29) is 10.9 Å². The molecule has 0 bridgehead atoms. The highest BCUT2D eigenvalue weighted by atomic mass is 35.5. The van der Waals surface area contributed by atoms with Crippen molar-refractivity contribution >= 4 is 34.7 Å². The van der Waals surface area contributed by atoms with Gasteiger partial charge in [-0.1, -0.05) is 29.8 Å². The van der Waals surface area contributed by atoms with Crippen LogP contribution in [0.3, 0.4) is 0 Å². The standard InChI is InChI=1S/C19H15ClFN3O/c1-24(15-5-3-2-4-6-15)18-11-13(9-10-22-18)19(25)23-14-7-8-17(21)16(20)12-14/h2-12H,1H3,(H,23,25). The highest BCUT2D eigenvalue weighted by Gasteiger charge is 2.11. The van der Waals surface area contributed by atoms with E-state index in [1.54, 1.807) is 18.3 Å². The molecule has 0 radical (unpaired) electrons. The molecule has 126 valence electrons. The summed E-state index contributed by atoms with van der Waals surface area (Å²) in [4.78, 5) is 18.6. The highest BCUT2D eigenvalue weighted by Crippen LogP contribution is 2.23. The minimum atomic E-state index is -0.532. The molecule has 0 aliphatic heterocycles. The molecule has 25 heavy (non-hydrogen) atoms. The van der Waals surface area contributed by atoms with Crippen LogP contribution in [0.15, 0.2) is 66.9 Å². The number of nitrogens with zero attached hydrogens (tertiary/aromatic N) is 2. The van der Waals surface area contributed by atoms with Gasteiger partial charge in [-0.05, 0) is 42.5 Å². The number of para-hydroxylation sites is 1. The molecule has 0 spiro atoms. The number of carbonyl (C=O) groups excluding carboxylic acids is 1. The lowest BCUT2D eigenvalue weighted by Gasteiger charge is -2.18. The van der Waals surface area contributed by atoms with Crippen molar-refractivity contribution in [3.63, 3.8) is 0 Å². The van der Waals surface area contributed by atoms with Crippen LogP contribution < -0.4 is 10.2 Å². The molecule has 0 aliphatic carbocycles. The maximum atomic E-state index is 13.2.